The lowest BCUT2D eigenvalue weighted by atomic mass is 9.94. The Balaban J connectivity index is 2.12. The molecule has 0 aromatic heterocycles. The molecule has 1 saturated heterocycles. The highest BCUT2D eigenvalue weighted by Gasteiger charge is 2.30. The molecule has 1 heterocycles. The van der Waals surface area contributed by atoms with Gasteiger partial charge in [0.2, 0.25) is 0 Å². The summed E-state index contributed by atoms with van der Waals surface area (Å²) in [5.74, 6) is 0. The average molecular weight is 247 g/mol. The summed E-state index contributed by atoms with van der Waals surface area (Å²) in [5.41, 5.74) is 1.04. The number of aliphatic hydroxyl groups is 1. The zero-order valence-corrected chi connectivity index (χ0v) is 11.5. The Kier molecular flexibility index (Phi) is 4.79. The van der Waals surface area contributed by atoms with Crippen LogP contribution >= 0.6 is 0 Å². The number of piperidine rings is 1. The highest BCUT2D eigenvalue weighted by molar-refractivity contribution is 5.19. The van der Waals surface area contributed by atoms with Crippen LogP contribution in [-0.4, -0.2) is 28.6 Å². The molecule has 0 radical (unpaired) electrons. The second-order valence-electron chi connectivity index (χ2n) is 5.41. The first kappa shape index (κ1) is 13.6. The van der Waals surface area contributed by atoms with Crippen LogP contribution in [0.25, 0.3) is 0 Å². The van der Waals surface area contributed by atoms with Crippen LogP contribution in [0.4, 0.5) is 0 Å². The zero-order valence-electron chi connectivity index (χ0n) is 11.5. The van der Waals surface area contributed by atoms with E-state index in [9.17, 15) is 5.11 Å². The fraction of sp³-hybridized carbons (Fsp3) is 0.625. The SMILES string of the molecule is CCC(C(O)c1ccccc1)N1CCCCC1C. The molecular formula is C16H25NO. The fourth-order valence-electron chi connectivity index (χ4n) is 3.12. The summed E-state index contributed by atoms with van der Waals surface area (Å²) in [6.45, 7) is 5.60. The van der Waals surface area contributed by atoms with Gasteiger partial charge < -0.3 is 5.11 Å². The average Bonchev–Trinajstić information content (AvgIpc) is 2.42. The van der Waals surface area contributed by atoms with E-state index in [1.807, 2.05) is 30.3 Å². The summed E-state index contributed by atoms with van der Waals surface area (Å²) in [5, 5.41) is 10.6. The molecule has 3 unspecified atom stereocenters. The van der Waals surface area contributed by atoms with E-state index < -0.39 is 0 Å². The van der Waals surface area contributed by atoms with Gasteiger partial charge in [0.05, 0.1) is 6.10 Å². The summed E-state index contributed by atoms with van der Waals surface area (Å²) in [7, 11) is 0. The molecule has 1 fully saturated rings. The van der Waals surface area contributed by atoms with Gasteiger partial charge in [-0.1, -0.05) is 43.7 Å². The lowest BCUT2D eigenvalue weighted by Crippen LogP contribution is -2.47. The molecule has 100 valence electrons. The highest BCUT2D eigenvalue weighted by atomic mass is 16.3. The molecule has 0 aliphatic carbocycles. The third-order valence-electron chi connectivity index (χ3n) is 4.20. The predicted octanol–water partition coefficient (Wildman–Crippen LogP) is 3.37. The molecule has 2 rings (SSSR count). The predicted molar refractivity (Wildman–Crippen MR) is 75.5 cm³/mol. The van der Waals surface area contributed by atoms with E-state index in [1.54, 1.807) is 0 Å². The minimum absolute atomic E-state index is 0.252. The molecule has 1 aliphatic rings. The number of nitrogens with zero attached hydrogens (tertiary/aromatic N) is 1. The number of likely N-dealkylation sites (tertiary alicyclic amines) is 1. The minimum atomic E-state index is -0.364. The maximum absolute atomic E-state index is 10.6. The first-order valence-corrected chi connectivity index (χ1v) is 7.22. The van der Waals surface area contributed by atoms with Crippen molar-refractivity contribution in [2.45, 2.75) is 57.7 Å². The second kappa shape index (κ2) is 6.35. The van der Waals surface area contributed by atoms with Gasteiger partial charge in [-0.05, 0) is 38.3 Å². The molecule has 1 N–H and O–H groups in total. The first-order valence-electron chi connectivity index (χ1n) is 7.22. The molecule has 3 atom stereocenters. The molecule has 1 aromatic rings. The van der Waals surface area contributed by atoms with Crippen molar-refractivity contribution in [3.63, 3.8) is 0 Å². The molecule has 0 saturated carbocycles. The molecule has 2 nitrogen and oxygen atoms in total. The van der Waals surface area contributed by atoms with Crippen LogP contribution in [0.5, 0.6) is 0 Å². The van der Waals surface area contributed by atoms with Crippen molar-refractivity contribution < 1.29 is 5.11 Å². The van der Waals surface area contributed by atoms with E-state index >= 15 is 0 Å². The van der Waals surface area contributed by atoms with Crippen LogP contribution in [0.1, 0.15) is 51.2 Å². The van der Waals surface area contributed by atoms with Crippen LogP contribution < -0.4 is 0 Å². The van der Waals surface area contributed by atoms with Gasteiger partial charge in [-0.3, -0.25) is 4.90 Å². The monoisotopic (exact) mass is 247 g/mol. The quantitative estimate of drug-likeness (QED) is 0.881. The Morgan fingerprint density at radius 3 is 2.61 bits per heavy atom. The second-order valence-corrected chi connectivity index (χ2v) is 5.41. The third-order valence-corrected chi connectivity index (χ3v) is 4.20. The summed E-state index contributed by atoms with van der Waals surface area (Å²) in [6, 6.07) is 10.9. The number of rotatable bonds is 4. The lowest BCUT2D eigenvalue weighted by Gasteiger charge is -2.41. The Bertz CT molecular complexity index is 351. The van der Waals surface area contributed by atoms with Gasteiger partial charge in [0.1, 0.15) is 0 Å². The molecule has 0 spiro atoms. The maximum atomic E-state index is 10.6. The smallest absolute Gasteiger partial charge is 0.0945 e. The van der Waals surface area contributed by atoms with Crippen LogP contribution in [0, 0.1) is 0 Å². The van der Waals surface area contributed by atoms with Gasteiger partial charge in [0.15, 0.2) is 0 Å². The first-order chi connectivity index (χ1) is 8.74. The topological polar surface area (TPSA) is 23.5 Å². The van der Waals surface area contributed by atoms with Crippen molar-refractivity contribution in [3.05, 3.63) is 35.9 Å². The number of benzene rings is 1. The van der Waals surface area contributed by atoms with E-state index in [1.165, 1.54) is 19.3 Å². The normalized spacial score (nSPS) is 24.7. The van der Waals surface area contributed by atoms with Crippen molar-refractivity contribution in [2.24, 2.45) is 0 Å². The number of hydrogen-bond acceptors (Lipinski definition) is 2. The fourth-order valence-corrected chi connectivity index (χ4v) is 3.12. The third kappa shape index (κ3) is 2.93. The van der Waals surface area contributed by atoms with Crippen LogP contribution in [-0.2, 0) is 0 Å². The van der Waals surface area contributed by atoms with Gasteiger partial charge in [-0.25, -0.2) is 0 Å². The molecule has 18 heavy (non-hydrogen) atoms. The number of hydrogen-bond donors (Lipinski definition) is 1. The Labute approximate surface area is 111 Å². The summed E-state index contributed by atoms with van der Waals surface area (Å²) >= 11 is 0. The van der Waals surface area contributed by atoms with Crippen molar-refractivity contribution >= 4 is 0 Å². The van der Waals surface area contributed by atoms with Crippen molar-refractivity contribution in [1.82, 2.24) is 4.90 Å². The summed E-state index contributed by atoms with van der Waals surface area (Å²) in [4.78, 5) is 2.50. The molecular weight excluding hydrogens is 222 g/mol. The Hall–Kier alpha value is -0.860. The number of aliphatic hydroxyl groups excluding tert-OH is 1. The molecule has 1 aliphatic heterocycles. The molecule has 0 amide bonds. The molecule has 2 heteroatoms. The van der Waals surface area contributed by atoms with Crippen LogP contribution in [0.2, 0.25) is 0 Å². The summed E-state index contributed by atoms with van der Waals surface area (Å²) in [6.07, 6.45) is 4.49. The standard InChI is InChI=1S/C16H25NO/c1-3-15(17-12-8-7-9-13(17)2)16(18)14-10-5-4-6-11-14/h4-6,10-11,13,15-16,18H,3,7-9,12H2,1-2H3. The molecule has 1 aromatic carbocycles. The van der Waals surface area contributed by atoms with Gasteiger partial charge in [-0.15, -0.1) is 0 Å². The van der Waals surface area contributed by atoms with Crippen LogP contribution in [0.3, 0.4) is 0 Å². The largest absolute Gasteiger partial charge is 0.387 e. The minimum Gasteiger partial charge on any atom is -0.387 e. The van der Waals surface area contributed by atoms with Crippen LogP contribution in [0.15, 0.2) is 30.3 Å². The van der Waals surface area contributed by atoms with Gasteiger partial charge in [-0.2, -0.15) is 0 Å². The zero-order chi connectivity index (χ0) is 13.0. The van der Waals surface area contributed by atoms with E-state index in [2.05, 4.69) is 18.7 Å². The van der Waals surface area contributed by atoms with Crippen molar-refractivity contribution in [2.75, 3.05) is 6.54 Å². The van der Waals surface area contributed by atoms with Gasteiger partial charge in [0.25, 0.3) is 0 Å². The maximum Gasteiger partial charge on any atom is 0.0945 e. The van der Waals surface area contributed by atoms with E-state index in [0.717, 1.165) is 18.5 Å². The van der Waals surface area contributed by atoms with Gasteiger partial charge in [0, 0.05) is 12.1 Å². The molecule has 0 bridgehead atoms. The lowest BCUT2D eigenvalue weighted by molar-refractivity contribution is 0.00950. The van der Waals surface area contributed by atoms with Crippen molar-refractivity contribution in [1.29, 1.82) is 0 Å². The Morgan fingerprint density at radius 2 is 2.00 bits per heavy atom. The Morgan fingerprint density at radius 1 is 1.28 bits per heavy atom. The highest BCUT2D eigenvalue weighted by Crippen LogP contribution is 2.28. The van der Waals surface area contributed by atoms with Crippen molar-refractivity contribution in [3.8, 4) is 0 Å². The van der Waals surface area contributed by atoms with E-state index in [4.69, 9.17) is 0 Å². The van der Waals surface area contributed by atoms with E-state index in [-0.39, 0.29) is 12.1 Å². The van der Waals surface area contributed by atoms with E-state index in [0.29, 0.717) is 6.04 Å². The summed E-state index contributed by atoms with van der Waals surface area (Å²) < 4.78 is 0. The van der Waals surface area contributed by atoms with Gasteiger partial charge >= 0.3 is 0 Å².